The maximum Gasteiger partial charge on any atom is 0.274 e. The smallest absolute Gasteiger partial charge is 0.274 e. The molecule has 1 unspecified atom stereocenters. The highest BCUT2D eigenvalue weighted by atomic mass is 16.3. The van der Waals surface area contributed by atoms with Crippen molar-refractivity contribution < 1.29 is 9.21 Å². The molecule has 2 rings (SSSR count). The van der Waals surface area contributed by atoms with Crippen molar-refractivity contribution in [2.24, 2.45) is 7.05 Å². The molecule has 0 bridgehead atoms. The highest BCUT2D eigenvalue weighted by Crippen LogP contribution is 2.11. The molecule has 5 heteroatoms. The number of aromatic nitrogens is 2. The number of hydrogen-bond donors (Lipinski definition) is 0. The third-order valence-corrected chi connectivity index (χ3v) is 3.30. The van der Waals surface area contributed by atoms with E-state index >= 15 is 0 Å². The average Bonchev–Trinajstić information content (AvgIpc) is 3.05. The van der Waals surface area contributed by atoms with Gasteiger partial charge >= 0.3 is 0 Å². The van der Waals surface area contributed by atoms with Crippen molar-refractivity contribution in [2.45, 2.75) is 25.8 Å². The van der Waals surface area contributed by atoms with E-state index in [1.165, 1.54) is 0 Å². The Labute approximate surface area is 112 Å². The predicted molar refractivity (Wildman–Crippen MR) is 71.8 cm³/mol. The maximum absolute atomic E-state index is 12.2. The molecule has 1 amide bonds. The second kappa shape index (κ2) is 5.73. The van der Waals surface area contributed by atoms with E-state index in [1.807, 2.05) is 26.1 Å². The SMILES string of the molecule is CC(CCc1ccco1)N(C)C(=O)c1ccn(C)n1. The normalized spacial score (nSPS) is 12.4. The van der Waals surface area contributed by atoms with Gasteiger partial charge in [0.2, 0.25) is 0 Å². The van der Waals surface area contributed by atoms with Gasteiger partial charge in [-0.3, -0.25) is 9.48 Å². The molecule has 0 fully saturated rings. The van der Waals surface area contributed by atoms with Crippen LogP contribution in [0.15, 0.2) is 35.1 Å². The van der Waals surface area contributed by atoms with Crippen LogP contribution in [0.3, 0.4) is 0 Å². The molecular weight excluding hydrogens is 242 g/mol. The fourth-order valence-electron chi connectivity index (χ4n) is 1.91. The lowest BCUT2D eigenvalue weighted by Crippen LogP contribution is -2.35. The molecule has 0 aliphatic rings. The molecule has 19 heavy (non-hydrogen) atoms. The number of nitrogens with zero attached hydrogens (tertiary/aromatic N) is 3. The summed E-state index contributed by atoms with van der Waals surface area (Å²) in [7, 11) is 3.61. The minimum absolute atomic E-state index is 0.0486. The molecule has 102 valence electrons. The molecule has 0 aliphatic heterocycles. The Morgan fingerprint density at radius 1 is 1.53 bits per heavy atom. The summed E-state index contributed by atoms with van der Waals surface area (Å²) in [5.74, 6) is 0.901. The number of carbonyl (C=O) groups excluding carboxylic acids is 1. The first-order valence-corrected chi connectivity index (χ1v) is 6.37. The van der Waals surface area contributed by atoms with Crippen molar-refractivity contribution in [2.75, 3.05) is 7.05 Å². The van der Waals surface area contributed by atoms with Crippen LogP contribution in [0, 0.1) is 0 Å². The largest absolute Gasteiger partial charge is 0.469 e. The fraction of sp³-hybridized carbons (Fsp3) is 0.429. The van der Waals surface area contributed by atoms with Crippen LogP contribution in [0.2, 0.25) is 0 Å². The zero-order valence-corrected chi connectivity index (χ0v) is 11.5. The molecule has 1 atom stereocenters. The van der Waals surface area contributed by atoms with Gasteiger partial charge in [-0.1, -0.05) is 0 Å². The zero-order chi connectivity index (χ0) is 13.8. The number of carbonyl (C=O) groups is 1. The third kappa shape index (κ3) is 3.24. The van der Waals surface area contributed by atoms with Crippen molar-refractivity contribution in [3.8, 4) is 0 Å². The first-order valence-electron chi connectivity index (χ1n) is 6.37. The van der Waals surface area contributed by atoms with E-state index in [9.17, 15) is 4.79 Å². The summed E-state index contributed by atoms with van der Waals surface area (Å²) < 4.78 is 6.93. The lowest BCUT2D eigenvalue weighted by molar-refractivity contribution is 0.0729. The van der Waals surface area contributed by atoms with Crippen LogP contribution in [0.25, 0.3) is 0 Å². The number of hydrogen-bond acceptors (Lipinski definition) is 3. The van der Waals surface area contributed by atoms with Crippen LogP contribution in [0.5, 0.6) is 0 Å². The van der Waals surface area contributed by atoms with Crippen LogP contribution in [-0.4, -0.2) is 33.7 Å². The minimum Gasteiger partial charge on any atom is -0.469 e. The fourth-order valence-corrected chi connectivity index (χ4v) is 1.91. The standard InChI is InChI=1S/C14H19N3O2/c1-11(6-7-12-5-4-10-19-12)17(3)14(18)13-8-9-16(2)15-13/h4-5,8-11H,6-7H2,1-3H3. The van der Waals surface area contributed by atoms with Crippen molar-refractivity contribution in [1.29, 1.82) is 0 Å². The third-order valence-electron chi connectivity index (χ3n) is 3.30. The van der Waals surface area contributed by atoms with E-state index in [1.54, 1.807) is 35.2 Å². The van der Waals surface area contributed by atoms with Gasteiger partial charge in [0.1, 0.15) is 11.5 Å². The Hall–Kier alpha value is -2.04. The minimum atomic E-state index is -0.0486. The monoisotopic (exact) mass is 261 g/mol. The van der Waals surface area contributed by atoms with Crippen LogP contribution < -0.4 is 0 Å². The highest BCUT2D eigenvalue weighted by molar-refractivity contribution is 5.92. The van der Waals surface area contributed by atoms with Gasteiger partial charge in [0.05, 0.1) is 6.26 Å². The molecule has 5 nitrogen and oxygen atoms in total. The van der Waals surface area contributed by atoms with Gasteiger partial charge in [-0.15, -0.1) is 0 Å². The first-order chi connectivity index (χ1) is 9.08. The maximum atomic E-state index is 12.2. The van der Waals surface area contributed by atoms with Crippen LogP contribution in [0.4, 0.5) is 0 Å². The van der Waals surface area contributed by atoms with E-state index in [0.717, 1.165) is 18.6 Å². The van der Waals surface area contributed by atoms with Crippen LogP contribution in [-0.2, 0) is 13.5 Å². The Bertz CT molecular complexity index is 531. The van der Waals surface area contributed by atoms with E-state index in [0.29, 0.717) is 5.69 Å². The molecule has 0 saturated carbocycles. The van der Waals surface area contributed by atoms with Crippen molar-refractivity contribution >= 4 is 5.91 Å². The van der Waals surface area contributed by atoms with Gasteiger partial charge in [-0.2, -0.15) is 5.10 Å². The number of rotatable bonds is 5. The van der Waals surface area contributed by atoms with Crippen LogP contribution >= 0.6 is 0 Å². The quantitative estimate of drug-likeness (QED) is 0.828. The number of aryl methyl sites for hydroxylation is 2. The average molecular weight is 261 g/mol. The second-order valence-corrected chi connectivity index (χ2v) is 4.76. The summed E-state index contributed by atoms with van der Waals surface area (Å²) in [6.07, 6.45) is 5.13. The van der Waals surface area contributed by atoms with Gasteiger partial charge < -0.3 is 9.32 Å². The number of furan rings is 1. The summed E-state index contributed by atoms with van der Waals surface area (Å²) in [5.41, 5.74) is 0.481. The Balaban J connectivity index is 1.91. The van der Waals surface area contributed by atoms with Gasteiger partial charge in [0.25, 0.3) is 5.91 Å². The Morgan fingerprint density at radius 2 is 2.32 bits per heavy atom. The zero-order valence-electron chi connectivity index (χ0n) is 11.5. The highest BCUT2D eigenvalue weighted by Gasteiger charge is 2.19. The van der Waals surface area contributed by atoms with E-state index in [-0.39, 0.29) is 11.9 Å². The van der Waals surface area contributed by atoms with Gasteiger partial charge in [0.15, 0.2) is 0 Å². The van der Waals surface area contributed by atoms with E-state index < -0.39 is 0 Å². The predicted octanol–water partition coefficient (Wildman–Crippen LogP) is 2.11. The number of amides is 1. The lowest BCUT2D eigenvalue weighted by Gasteiger charge is -2.23. The summed E-state index contributed by atoms with van der Waals surface area (Å²) in [5, 5.41) is 4.13. The molecule has 0 radical (unpaired) electrons. The first kappa shape index (κ1) is 13.4. The van der Waals surface area contributed by atoms with Gasteiger partial charge in [-0.05, 0) is 31.5 Å². The molecular formula is C14H19N3O2. The lowest BCUT2D eigenvalue weighted by atomic mass is 10.1. The summed E-state index contributed by atoms with van der Waals surface area (Å²) in [6.45, 7) is 2.03. The molecule has 0 spiro atoms. The van der Waals surface area contributed by atoms with Crippen molar-refractivity contribution in [3.05, 3.63) is 42.1 Å². The van der Waals surface area contributed by atoms with Crippen LogP contribution in [0.1, 0.15) is 29.6 Å². The molecule has 2 heterocycles. The summed E-state index contributed by atoms with van der Waals surface area (Å²) >= 11 is 0. The second-order valence-electron chi connectivity index (χ2n) is 4.76. The van der Waals surface area contributed by atoms with Gasteiger partial charge in [-0.25, -0.2) is 0 Å². The summed E-state index contributed by atoms with van der Waals surface area (Å²) in [6, 6.07) is 5.70. The molecule has 0 N–H and O–H groups in total. The van der Waals surface area contributed by atoms with Gasteiger partial charge in [0, 0.05) is 32.8 Å². The molecule has 0 aliphatic carbocycles. The molecule has 0 aromatic carbocycles. The molecule has 2 aromatic rings. The van der Waals surface area contributed by atoms with E-state index in [2.05, 4.69) is 5.10 Å². The summed E-state index contributed by atoms with van der Waals surface area (Å²) in [4.78, 5) is 13.9. The molecule has 2 aromatic heterocycles. The van der Waals surface area contributed by atoms with Crippen molar-refractivity contribution in [3.63, 3.8) is 0 Å². The van der Waals surface area contributed by atoms with E-state index in [4.69, 9.17) is 4.42 Å². The Morgan fingerprint density at radius 3 is 2.89 bits per heavy atom. The Kier molecular flexibility index (Phi) is 4.04. The molecule has 0 saturated heterocycles. The topological polar surface area (TPSA) is 51.3 Å². The van der Waals surface area contributed by atoms with Crippen molar-refractivity contribution in [1.82, 2.24) is 14.7 Å².